The molecule has 3 aromatic rings. The Balaban J connectivity index is 1.92. The topological polar surface area (TPSA) is 99.9 Å². The molecule has 0 unspecified atom stereocenters. The first-order valence-electron chi connectivity index (χ1n) is 7.82. The molecule has 0 atom stereocenters. The van der Waals surface area contributed by atoms with Crippen LogP contribution in [0.25, 0.3) is 11.1 Å². The zero-order valence-corrected chi connectivity index (χ0v) is 15.7. The summed E-state index contributed by atoms with van der Waals surface area (Å²) in [5, 5.41) is 3.70. The molecule has 0 radical (unpaired) electrons. The summed E-state index contributed by atoms with van der Waals surface area (Å²) in [5.41, 5.74) is 1.23. The van der Waals surface area contributed by atoms with Crippen molar-refractivity contribution in [1.82, 2.24) is 5.16 Å². The zero-order valence-electron chi connectivity index (χ0n) is 14.9. The molecule has 0 bridgehead atoms. The fraction of sp³-hybridized carbons (Fsp3) is 0.167. The maximum atomic E-state index is 12.7. The van der Waals surface area contributed by atoms with Gasteiger partial charge < -0.3 is 18.7 Å². The van der Waals surface area contributed by atoms with Crippen LogP contribution in [0.3, 0.4) is 0 Å². The van der Waals surface area contributed by atoms with Gasteiger partial charge in [-0.1, -0.05) is 17.3 Å². The molecule has 0 saturated carbocycles. The van der Waals surface area contributed by atoms with Crippen molar-refractivity contribution in [3.63, 3.8) is 0 Å². The van der Waals surface area contributed by atoms with Crippen molar-refractivity contribution in [1.29, 1.82) is 0 Å². The summed E-state index contributed by atoms with van der Waals surface area (Å²) in [5.74, 6) is 1.42. The minimum absolute atomic E-state index is 0.00256. The van der Waals surface area contributed by atoms with Crippen molar-refractivity contribution in [3.8, 4) is 28.4 Å². The molecule has 9 heteroatoms. The number of hydrogen-bond acceptors (Lipinski definition) is 7. The van der Waals surface area contributed by atoms with Crippen LogP contribution in [0.4, 0.5) is 5.88 Å². The van der Waals surface area contributed by atoms with Gasteiger partial charge in [-0.25, -0.2) is 13.1 Å². The Kier molecular flexibility index (Phi) is 5.22. The van der Waals surface area contributed by atoms with Crippen molar-refractivity contribution in [2.75, 3.05) is 26.1 Å². The average molecular weight is 390 g/mol. The Labute approximate surface area is 156 Å². The Morgan fingerprint density at radius 3 is 2.26 bits per heavy atom. The van der Waals surface area contributed by atoms with Gasteiger partial charge in [-0.15, -0.1) is 0 Å². The molecule has 0 saturated heterocycles. The first kappa shape index (κ1) is 18.6. The predicted octanol–water partition coefficient (Wildman–Crippen LogP) is 3.17. The summed E-state index contributed by atoms with van der Waals surface area (Å²) >= 11 is 0. The molecule has 0 aliphatic rings. The summed E-state index contributed by atoms with van der Waals surface area (Å²) in [6, 6.07) is 11.4. The number of nitrogens with zero attached hydrogens (tertiary/aromatic N) is 1. The van der Waals surface area contributed by atoms with E-state index in [1.54, 1.807) is 31.4 Å². The summed E-state index contributed by atoms with van der Waals surface area (Å²) in [6.07, 6.45) is 1.44. The fourth-order valence-corrected chi connectivity index (χ4v) is 3.47. The molecular formula is C18H18N2O6S. The lowest BCUT2D eigenvalue weighted by Crippen LogP contribution is -2.13. The molecular weight excluding hydrogens is 372 g/mol. The van der Waals surface area contributed by atoms with Gasteiger partial charge in [0.15, 0.2) is 11.5 Å². The van der Waals surface area contributed by atoms with Crippen LogP contribution in [0.5, 0.6) is 17.2 Å². The Bertz CT molecular complexity index is 1030. The number of aromatic nitrogens is 1. The third-order valence-electron chi connectivity index (χ3n) is 3.86. The van der Waals surface area contributed by atoms with Gasteiger partial charge in [0.1, 0.15) is 5.75 Å². The van der Waals surface area contributed by atoms with Crippen LogP contribution in [-0.4, -0.2) is 34.9 Å². The van der Waals surface area contributed by atoms with E-state index in [1.807, 2.05) is 0 Å². The number of methoxy groups -OCH3 is 3. The van der Waals surface area contributed by atoms with Gasteiger partial charge in [-0.2, -0.15) is 0 Å². The van der Waals surface area contributed by atoms with Crippen LogP contribution >= 0.6 is 0 Å². The van der Waals surface area contributed by atoms with Gasteiger partial charge in [0.25, 0.3) is 10.0 Å². The molecule has 3 rings (SSSR count). The molecule has 0 aliphatic carbocycles. The summed E-state index contributed by atoms with van der Waals surface area (Å²) in [6.45, 7) is 0. The maximum absolute atomic E-state index is 12.7. The Morgan fingerprint density at radius 1 is 0.926 bits per heavy atom. The summed E-state index contributed by atoms with van der Waals surface area (Å²) in [7, 11) is 0.541. The van der Waals surface area contributed by atoms with E-state index in [4.69, 9.17) is 18.7 Å². The molecule has 2 aromatic carbocycles. The number of rotatable bonds is 7. The van der Waals surface area contributed by atoms with E-state index in [1.165, 1.54) is 38.6 Å². The highest BCUT2D eigenvalue weighted by molar-refractivity contribution is 7.92. The third kappa shape index (κ3) is 3.82. The maximum Gasteiger partial charge on any atom is 0.264 e. The van der Waals surface area contributed by atoms with Crippen molar-refractivity contribution in [2.24, 2.45) is 0 Å². The third-order valence-corrected chi connectivity index (χ3v) is 5.19. The first-order chi connectivity index (χ1) is 13.0. The number of sulfonamides is 1. The van der Waals surface area contributed by atoms with Crippen molar-refractivity contribution >= 4 is 15.9 Å². The predicted molar refractivity (Wildman–Crippen MR) is 98.8 cm³/mol. The van der Waals surface area contributed by atoms with E-state index in [0.29, 0.717) is 22.8 Å². The zero-order chi connectivity index (χ0) is 19.4. The first-order valence-corrected chi connectivity index (χ1v) is 9.30. The minimum atomic E-state index is -3.93. The lowest BCUT2D eigenvalue weighted by atomic mass is 10.1. The molecule has 27 heavy (non-hydrogen) atoms. The van der Waals surface area contributed by atoms with Gasteiger partial charge in [0, 0.05) is 6.07 Å². The van der Waals surface area contributed by atoms with Gasteiger partial charge in [0.05, 0.1) is 38.0 Å². The second-order valence-corrected chi connectivity index (χ2v) is 7.10. The van der Waals surface area contributed by atoms with Crippen LogP contribution in [0.2, 0.25) is 0 Å². The van der Waals surface area contributed by atoms with Crippen molar-refractivity contribution in [3.05, 3.63) is 48.7 Å². The van der Waals surface area contributed by atoms with E-state index in [2.05, 4.69) is 9.88 Å². The standard InChI is InChI=1S/C18H18N2O6S/c1-23-13-6-4-12(5-7-13)15-11-19-26-18(15)20-27(21,22)14-8-9-16(24-2)17(10-14)25-3/h4-11,20H,1-3H3. The highest BCUT2D eigenvalue weighted by Gasteiger charge is 2.21. The second-order valence-electron chi connectivity index (χ2n) is 5.42. The van der Waals surface area contributed by atoms with Crippen LogP contribution < -0.4 is 18.9 Å². The molecule has 1 aromatic heterocycles. The summed E-state index contributed by atoms with van der Waals surface area (Å²) in [4.78, 5) is -0.00256. The van der Waals surface area contributed by atoms with Gasteiger partial charge in [-0.3, -0.25) is 0 Å². The smallest absolute Gasteiger partial charge is 0.264 e. The Hall–Kier alpha value is -3.20. The number of nitrogens with one attached hydrogen (secondary N) is 1. The van der Waals surface area contributed by atoms with Crippen LogP contribution in [0, 0.1) is 0 Å². The van der Waals surface area contributed by atoms with E-state index in [9.17, 15) is 8.42 Å². The van der Waals surface area contributed by atoms with E-state index in [-0.39, 0.29) is 10.8 Å². The molecule has 142 valence electrons. The number of anilines is 1. The highest BCUT2D eigenvalue weighted by atomic mass is 32.2. The fourth-order valence-electron chi connectivity index (χ4n) is 2.45. The molecule has 1 heterocycles. The van der Waals surface area contributed by atoms with Gasteiger partial charge in [-0.05, 0) is 29.8 Å². The summed E-state index contributed by atoms with van der Waals surface area (Å²) < 4.78 is 48.4. The lowest BCUT2D eigenvalue weighted by Gasteiger charge is -2.11. The Morgan fingerprint density at radius 2 is 1.63 bits per heavy atom. The number of ether oxygens (including phenoxy) is 3. The van der Waals surface area contributed by atoms with E-state index in [0.717, 1.165) is 5.56 Å². The number of benzene rings is 2. The second kappa shape index (κ2) is 7.58. The lowest BCUT2D eigenvalue weighted by molar-refractivity contribution is 0.354. The normalized spacial score (nSPS) is 11.1. The average Bonchev–Trinajstić information content (AvgIpc) is 3.14. The van der Waals surface area contributed by atoms with Crippen LogP contribution in [0.1, 0.15) is 0 Å². The van der Waals surface area contributed by atoms with E-state index < -0.39 is 10.0 Å². The number of hydrogen-bond donors (Lipinski definition) is 1. The van der Waals surface area contributed by atoms with Gasteiger partial charge in [0.2, 0.25) is 5.88 Å². The molecule has 0 aliphatic heterocycles. The molecule has 8 nitrogen and oxygen atoms in total. The van der Waals surface area contributed by atoms with Crippen LogP contribution in [0.15, 0.2) is 58.1 Å². The molecule has 0 amide bonds. The molecule has 0 fully saturated rings. The largest absolute Gasteiger partial charge is 0.497 e. The quantitative estimate of drug-likeness (QED) is 0.661. The highest BCUT2D eigenvalue weighted by Crippen LogP contribution is 2.33. The molecule has 0 spiro atoms. The monoisotopic (exact) mass is 390 g/mol. The SMILES string of the molecule is COc1ccc(-c2cnoc2NS(=O)(=O)c2ccc(OC)c(OC)c2)cc1. The van der Waals surface area contributed by atoms with Gasteiger partial charge >= 0.3 is 0 Å². The molecule has 1 N–H and O–H groups in total. The van der Waals surface area contributed by atoms with E-state index >= 15 is 0 Å². The van der Waals surface area contributed by atoms with Crippen LogP contribution in [-0.2, 0) is 10.0 Å². The van der Waals surface area contributed by atoms with Crippen molar-refractivity contribution in [2.45, 2.75) is 4.90 Å². The van der Waals surface area contributed by atoms with Crippen molar-refractivity contribution < 1.29 is 27.2 Å². The minimum Gasteiger partial charge on any atom is -0.497 e.